The first kappa shape index (κ1) is 12.1. The van der Waals surface area contributed by atoms with Gasteiger partial charge in [-0.1, -0.05) is 12.1 Å². The fourth-order valence-electron chi connectivity index (χ4n) is 1.28. The second-order valence-electron chi connectivity index (χ2n) is 3.49. The van der Waals surface area contributed by atoms with Crippen LogP contribution in [0, 0.1) is 0 Å². The fourth-order valence-corrected chi connectivity index (χ4v) is 2.03. The van der Waals surface area contributed by atoms with Crippen LogP contribution < -0.4 is 0 Å². The third kappa shape index (κ3) is 3.60. The van der Waals surface area contributed by atoms with Crippen LogP contribution in [-0.4, -0.2) is 40.5 Å². The van der Waals surface area contributed by atoms with Crippen molar-refractivity contribution in [1.29, 1.82) is 0 Å². The van der Waals surface area contributed by atoms with E-state index in [1.807, 2.05) is 6.92 Å². The Morgan fingerprint density at radius 2 is 2.27 bits per heavy atom. The number of aliphatic hydroxyl groups is 1. The summed E-state index contributed by atoms with van der Waals surface area (Å²) in [6.07, 6.45) is 2.28. The average molecular weight is 233 g/mol. The van der Waals surface area contributed by atoms with Crippen molar-refractivity contribution in [3.05, 3.63) is 11.9 Å². The molecule has 0 saturated heterocycles. The molecule has 1 heterocycles. The molecule has 0 bridgehead atoms. The Hall–Kier alpha value is -0.950. The molecule has 0 fully saturated rings. The molecule has 1 aromatic heterocycles. The smallest absolute Gasteiger partial charge is 0.150 e. The summed E-state index contributed by atoms with van der Waals surface area (Å²) in [5.41, 5.74) is 0.447. The van der Waals surface area contributed by atoms with Gasteiger partial charge in [-0.05, 0) is 6.42 Å². The summed E-state index contributed by atoms with van der Waals surface area (Å²) >= 11 is 0. The zero-order valence-electron chi connectivity index (χ0n) is 8.79. The zero-order chi connectivity index (χ0) is 11.5. The Balaban J connectivity index is 2.81. The maximum atomic E-state index is 11.0. The van der Waals surface area contributed by atoms with Gasteiger partial charge in [0.2, 0.25) is 0 Å². The standard InChI is InChI=1S/C8H15N3O3S/c1-3-4-11-7(5-9-10-11)8(12)6-15(2,13)14/h5,8,12H,3-4,6H2,1-2H3. The minimum Gasteiger partial charge on any atom is -0.386 e. The lowest BCUT2D eigenvalue weighted by atomic mass is 10.3. The van der Waals surface area contributed by atoms with Gasteiger partial charge in [0, 0.05) is 12.8 Å². The zero-order valence-corrected chi connectivity index (χ0v) is 9.61. The van der Waals surface area contributed by atoms with Gasteiger partial charge in [-0.3, -0.25) is 0 Å². The van der Waals surface area contributed by atoms with E-state index >= 15 is 0 Å². The molecule has 0 amide bonds. The molecule has 0 aliphatic heterocycles. The van der Waals surface area contributed by atoms with E-state index < -0.39 is 15.9 Å². The van der Waals surface area contributed by atoms with Crippen LogP contribution >= 0.6 is 0 Å². The number of aryl methyl sites for hydroxylation is 1. The van der Waals surface area contributed by atoms with Gasteiger partial charge < -0.3 is 5.11 Å². The van der Waals surface area contributed by atoms with E-state index in [4.69, 9.17) is 0 Å². The van der Waals surface area contributed by atoms with Crippen molar-refractivity contribution >= 4 is 9.84 Å². The highest BCUT2D eigenvalue weighted by Crippen LogP contribution is 2.13. The van der Waals surface area contributed by atoms with Gasteiger partial charge >= 0.3 is 0 Å². The number of aromatic nitrogens is 3. The van der Waals surface area contributed by atoms with Crippen molar-refractivity contribution in [3.8, 4) is 0 Å². The summed E-state index contributed by atoms with van der Waals surface area (Å²) in [6.45, 7) is 2.59. The molecule has 86 valence electrons. The van der Waals surface area contributed by atoms with E-state index in [-0.39, 0.29) is 5.75 Å². The molecule has 0 aliphatic carbocycles. The Morgan fingerprint density at radius 3 is 2.80 bits per heavy atom. The molecule has 1 aromatic rings. The predicted molar refractivity (Wildman–Crippen MR) is 55.0 cm³/mol. The van der Waals surface area contributed by atoms with Crippen LogP contribution in [-0.2, 0) is 16.4 Å². The van der Waals surface area contributed by atoms with Gasteiger partial charge in [0.25, 0.3) is 0 Å². The van der Waals surface area contributed by atoms with Crippen molar-refractivity contribution in [1.82, 2.24) is 15.0 Å². The molecule has 0 aliphatic rings. The van der Waals surface area contributed by atoms with Crippen LogP contribution in [0.3, 0.4) is 0 Å². The molecule has 1 unspecified atom stereocenters. The first-order chi connectivity index (χ1) is 6.94. The summed E-state index contributed by atoms with van der Waals surface area (Å²) in [4.78, 5) is 0. The molecule has 1 N–H and O–H groups in total. The molecule has 0 radical (unpaired) electrons. The molecule has 15 heavy (non-hydrogen) atoms. The first-order valence-corrected chi connectivity index (χ1v) is 6.74. The summed E-state index contributed by atoms with van der Waals surface area (Å²) in [5.74, 6) is -0.302. The van der Waals surface area contributed by atoms with Crippen molar-refractivity contribution in [2.45, 2.75) is 26.0 Å². The average Bonchev–Trinajstić information content (AvgIpc) is 2.49. The molecule has 6 nitrogen and oxygen atoms in total. The van der Waals surface area contributed by atoms with Gasteiger partial charge in [0.05, 0.1) is 17.6 Å². The van der Waals surface area contributed by atoms with Gasteiger partial charge in [-0.15, -0.1) is 5.10 Å². The van der Waals surface area contributed by atoms with Crippen LogP contribution in [0.25, 0.3) is 0 Å². The van der Waals surface area contributed by atoms with Crippen LogP contribution in [0.2, 0.25) is 0 Å². The number of rotatable bonds is 5. The molecule has 0 spiro atoms. The molecule has 0 saturated carbocycles. The number of nitrogens with zero attached hydrogens (tertiary/aromatic N) is 3. The van der Waals surface area contributed by atoms with E-state index in [1.165, 1.54) is 10.9 Å². The van der Waals surface area contributed by atoms with E-state index in [0.717, 1.165) is 12.7 Å². The molecule has 0 aromatic carbocycles. The van der Waals surface area contributed by atoms with E-state index in [9.17, 15) is 13.5 Å². The maximum absolute atomic E-state index is 11.0. The Labute approximate surface area is 88.8 Å². The van der Waals surface area contributed by atoms with Crippen LogP contribution in [0.1, 0.15) is 25.1 Å². The van der Waals surface area contributed by atoms with E-state index in [2.05, 4.69) is 10.3 Å². The van der Waals surface area contributed by atoms with Crippen molar-refractivity contribution in [2.24, 2.45) is 0 Å². The van der Waals surface area contributed by atoms with Crippen LogP contribution in [0.5, 0.6) is 0 Å². The van der Waals surface area contributed by atoms with Gasteiger partial charge in [0.1, 0.15) is 15.9 Å². The number of sulfone groups is 1. The fraction of sp³-hybridized carbons (Fsp3) is 0.750. The van der Waals surface area contributed by atoms with Crippen molar-refractivity contribution < 1.29 is 13.5 Å². The molecular formula is C8H15N3O3S. The van der Waals surface area contributed by atoms with Gasteiger partial charge in [-0.25, -0.2) is 13.1 Å². The topological polar surface area (TPSA) is 85.1 Å². The largest absolute Gasteiger partial charge is 0.386 e. The molecule has 1 rings (SSSR count). The lowest BCUT2D eigenvalue weighted by molar-refractivity contribution is 0.189. The van der Waals surface area contributed by atoms with Gasteiger partial charge in [0.15, 0.2) is 0 Å². The van der Waals surface area contributed by atoms with Gasteiger partial charge in [-0.2, -0.15) is 0 Å². The highest BCUT2D eigenvalue weighted by atomic mass is 32.2. The maximum Gasteiger partial charge on any atom is 0.150 e. The monoisotopic (exact) mass is 233 g/mol. The third-order valence-electron chi connectivity index (χ3n) is 1.89. The molecule has 7 heteroatoms. The summed E-state index contributed by atoms with van der Waals surface area (Å²) in [5, 5.41) is 17.1. The highest BCUT2D eigenvalue weighted by Gasteiger charge is 2.18. The predicted octanol–water partition coefficient (Wildman–Crippen LogP) is -0.234. The SMILES string of the molecule is CCCn1nncc1C(O)CS(C)(=O)=O. The molecule has 1 atom stereocenters. The lowest BCUT2D eigenvalue weighted by Gasteiger charge is -2.10. The lowest BCUT2D eigenvalue weighted by Crippen LogP contribution is -2.17. The normalized spacial score (nSPS) is 14.1. The Kier molecular flexibility index (Phi) is 3.81. The second-order valence-corrected chi connectivity index (χ2v) is 5.68. The summed E-state index contributed by atoms with van der Waals surface area (Å²) in [6, 6.07) is 0. The molecular weight excluding hydrogens is 218 g/mol. The Morgan fingerprint density at radius 1 is 1.60 bits per heavy atom. The minimum absolute atomic E-state index is 0.302. The Bertz CT molecular complexity index is 413. The van der Waals surface area contributed by atoms with Crippen LogP contribution in [0.4, 0.5) is 0 Å². The first-order valence-electron chi connectivity index (χ1n) is 4.68. The van der Waals surface area contributed by atoms with E-state index in [1.54, 1.807) is 0 Å². The van der Waals surface area contributed by atoms with Crippen LogP contribution in [0.15, 0.2) is 6.20 Å². The summed E-state index contributed by atoms with van der Waals surface area (Å²) < 4.78 is 23.5. The van der Waals surface area contributed by atoms with Crippen molar-refractivity contribution in [3.63, 3.8) is 0 Å². The number of hydrogen-bond donors (Lipinski definition) is 1. The number of hydrogen-bond acceptors (Lipinski definition) is 5. The van der Waals surface area contributed by atoms with E-state index in [0.29, 0.717) is 12.2 Å². The van der Waals surface area contributed by atoms with Crippen molar-refractivity contribution in [2.75, 3.05) is 12.0 Å². The quantitative estimate of drug-likeness (QED) is 0.759. The third-order valence-corrected chi connectivity index (χ3v) is 2.81. The minimum atomic E-state index is -3.20. The highest BCUT2D eigenvalue weighted by molar-refractivity contribution is 7.90. The number of aliphatic hydroxyl groups excluding tert-OH is 1. The summed E-state index contributed by atoms with van der Waals surface area (Å²) in [7, 11) is -3.20. The second kappa shape index (κ2) is 4.71.